The van der Waals surface area contributed by atoms with Gasteiger partial charge < -0.3 is 5.11 Å². The monoisotopic (exact) mass is 316 g/mol. The maximum Gasteiger partial charge on any atom is 0.257 e. The van der Waals surface area contributed by atoms with Crippen LogP contribution in [0.4, 0.5) is 5.95 Å². The Kier molecular flexibility index (Phi) is 3.61. The van der Waals surface area contributed by atoms with Gasteiger partial charge in [0, 0.05) is 11.6 Å². The third-order valence-corrected chi connectivity index (χ3v) is 4.20. The molecule has 22 heavy (non-hydrogen) atoms. The second-order valence-electron chi connectivity index (χ2n) is 4.45. The first-order valence-electron chi connectivity index (χ1n) is 6.34. The first-order chi connectivity index (χ1) is 10.6. The van der Waals surface area contributed by atoms with Crippen LogP contribution < -0.4 is 10.3 Å². The van der Waals surface area contributed by atoms with Crippen LogP contribution in [0.3, 0.4) is 0 Å². The number of aromatic nitrogens is 2. The van der Waals surface area contributed by atoms with Crippen molar-refractivity contribution in [2.45, 2.75) is 4.90 Å². The minimum Gasteiger partial charge on any atom is -0.506 e. The van der Waals surface area contributed by atoms with Crippen molar-refractivity contribution >= 4 is 26.9 Å². The Hall–Kier alpha value is -2.71. The molecule has 1 aromatic heterocycles. The summed E-state index contributed by atoms with van der Waals surface area (Å²) >= 11 is 0. The van der Waals surface area contributed by atoms with Crippen LogP contribution in [0.2, 0.25) is 0 Å². The summed E-state index contributed by atoms with van der Waals surface area (Å²) in [6.45, 7) is 0. The van der Waals surface area contributed by atoms with Crippen LogP contribution >= 0.6 is 0 Å². The minimum absolute atomic E-state index is 0.00568. The Balaban J connectivity index is 1.84. The lowest BCUT2D eigenvalue weighted by molar-refractivity contribution is 0.480. The molecule has 3 aromatic rings. The molecule has 1 heterocycles. The number of hydrogen-bond acceptors (Lipinski definition) is 6. The highest BCUT2D eigenvalue weighted by Crippen LogP contribution is 2.22. The van der Waals surface area contributed by atoms with Crippen molar-refractivity contribution in [3.8, 4) is 5.75 Å². The fourth-order valence-electron chi connectivity index (χ4n) is 1.87. The zero-order valence-corrected chi connectivity index (χ0v) is 12.1. The Labute approximate surface area is 126 Å². The van der Waals surface area contributed by atoms with E-state index in [0.29, 0.717) is 10.9 Å². The third kappa shape index (κ3) is 2.83. The van der Waals surface area contributed by atoms with Crippen molar-refractivity contribution in [3.63, 3.8) is 0 Å². The van der Waals surface area contributed by atoms with Crippen LogP contribution in [0.1, 0.15) is 0 Å². The van der Waals surface area contributed by atoms with Gasteiger partial charge in [-0.1, -0.05) is 30.3 Å². The Morgan fingerprint density at radius 3 is 2.55 bits per heavy atom. The zero-order valence-electron chi connectivity index (χ0n) is 11.3. The molecular formula is C14H12N4O3S. The summed E-state index contributed by atoms with van der Waals surface area (Å²) < 4.78 is 24.1. The SMILES string of the molecule is O=S(=O)(NNc1ncc2cccc(O)c2n1)c1ccccc1. The predicted octanol–water partition coefficient (Wildman–Crippen LogP) is 1.64. The van der Waals surface area contributed by atoms with Crippen LogP contribution in [-0.2, 0) is 10.0 Å². The topological polar surface area (TPSA) is 104 Å². The summed E-state index contributed by atoms with van der Waals surface area (Å²) in [5.74, 6) is 0.0300. The van der Waals surface area contributed by atoms with E-state index in [-0.39, 0.29) is 16.6 Å². The lowest BCUT2D eigenvalue weighted by atomic mass is 10.2. The van der Waals surface area contributed by atoms with Crippen LogP contribution in [0.25, 0.3) is 10.9 Å². The number of hydrogen-bond donors (Lipinski definition) is 3. The number of aromatic hydroxyl groups is 1. The maximum absolute atomic E-state index is 12.1. The van der Waals surface area contributed by atoms with Crippen LogP contribution in [0, 0.1) is 0 Å². The standard InChI is InChI=1S/C14H12N4O3S/c19-12-8-4-5-10-9-15-14(16-13(10)12)17-18-22(20,21)11-6-2-1-3-7-11/h1-9,18-19H,(H,15,16,17). The lowest BCUT2D eigenvalue weighted by Crippen LogP contribution is -2.30. The van der Waals surface area contributed by atoms with E-state index in [1.54, 1.807) is 30.3 Å². The van der Waals surface area contributed by atoms with Gasteiger partial charge in [-0.25, -0.2) is 18.4 Å². The molecule has 0 radical (unpaired) electrons. The molecule has 112 valence electrons. The number of rotatable bonds is 4. The summed E-state index contributed by atoms with van der Waals surface area (Å²) in [6, 6.07) is 12.8. The number of fused-ring (bicyclic) bond motifs is 1. The Morgan fingerprint density at radius 2 is 1.77 bits per heavy atom. The first kappa shape index (κ1) is 14.2. The molecule has 0 aliphatic heterocycles. The number of nitrogens with one attached hydrogen (secondary N) is 2. The van der Waals surface area contributed by atoms with Gasteiger partial charge in [0.15, 0.2) is 0 Å². The summed E-state index contributed by atoms with van der Waals surface area (Å²) in [7, 11) is -3.73. The maximum atomic E-state index is 12.1. The van der Waals surface area contributed by atoms with E-state index in [2.05, 4.69) is 20.2 Å². The van der Waals surface area contributed by atoms with Gasteiger partial charge in [-0.05, 0) is 18.2 Å². The number of hydrazine groups is 1. The molecule has 0 aliphatic rings. The smallest absolute Gasteiger partial charge is 0.257 e. The van der Waals surface area contributed by atoms with Crippen molar-refractivity contribution in [2.75, 3.05) is 5.43 Å². The number of benzene rings is 2. The molecule has 7 nitrogen and oxygen atoms in total. The van der Waals surface area contributed by atoms with Gasteiger partial charge in [0.1, 0.15) is 11.3 Å². The molecular weight excluding hydrogens is 304 g/mol. The van der Waals surface area contributed by atoms with E-state index in [0.717, 1.165) is 0 Å². The average molecular weight is 316 g/mol. The largest absolute Gasteiger partial charge is 0.506 e. The molecule has 0 amide bonds. The van der Waals surface area contributed by atoms with Crippen LogP contribution in [-0.4, -0.2) is 23.5 Å². The van der Waals surface area contributed by atoms with Crippen molar-refractivity contribution in [2.24, 2.45) is 0 Å². The average Bonchev–Trinajstić information content (AvgIpc) is 2.54. The molecule has 3 N–H and O–H groups in total. The number of phenolic OH excluding ortho intramolecular Hbond substituents is 1. The highest BCUT2D eigenvalue weighted by molar-refractivity contribution is 7.89. The summed E-state index contributed by atoms with van der Waals surface area (Å²) in [6.07, 6.45) is 1.49. The fraction of sp³-hybridized carbons (Fsp3) is 0. The molecule has 0 saturated carbocycles. The predicted molar refractivity (Wildman–Crippen MR) is 81.6 cm³/mol. The molecule has 0 fully saturated rings. The van der Waals surface area contributed by atoms with Gasteiger partial charge in [0.25, 0.3) is 10.0 Å². The molecule has 2 aromatic carbocycles. The van der Waals surface area contributed by atoms with Gasteiger partial charge >= 0.3 is 0 Å². The summed E-state index contributed by atoms with van der Waals surface area (Å²) in [5, 5.41) is 10.4. The van der Waals surface area contributed by atoms with Crippen molar-refractivity contribution in [1.29, 1.82) is 0 Å². The van der Waals surface area contributed by atoms with E-state index in [1.165, 1.54) is 24.4 Å². The Bertz CT molecular complexity index is 914. The van der Waals surface area contributed by atoms with E-state index in [4.69, 9.17) is 0 Å². The summed E-state index contributed by atoms with van der Waals surface area (Å²) in [5.41, 5.74) is 2.76. The second kappa shape index (κ2) is 5.58. The number of phenols is 1. The number of anilines is 1. The minimum atomic E-state index is -3.73. The molecule has 0 bridgehead atoms. The zero-order chi connectivity index (χ0) is 15.6. The first-order valence-corrected chi connectivity index (χ1v) is 7.82. The molecule has 0 saturated heterocycles. The van der Waals surface area contributed by atoms with Gasteiger partial charge in [-0.15, -0.1) is 4.83 Å². The van der Waals surface area contributed by atoms with Gasteiger partial charge in [-0.2, -0.15) is 0 Å². The van der Waals surface area contributed by atoms with Crippen molar-refractivity contribution in [3.05, 3.63) is 54.7 Å². The molecule has 0 atom stereocenters. The number of nitrogens with zero attached hydrogens (tertiary/aromatic N) is 2. The van der Waals surface area contributed by atoms with Crippen LogP contribution in [0.5, 0.6) is 5.75 Å². The molecule has 0 aliphatic carbocycles. The van der Waals surface area contributed by atoms with Gasteiger partial charge in [0.2, 0.25) is 5.95 Å². The molecule has 3 rings (SSSR count). The highest BCUT2D eigenvalue weighted by atomic mass is 32.2. The van der Waals surface area contributed by atoms with E-state index >= 15 is 0 Å². The van der Waals surface area contributed by atoms with Crippen molar-refractivity contribution in [1.82, 2.24) is 14.8 Å². The fourth-order valence-corrected chi connectivity index (χ4v) is 2.73. The van der Waals surface area contributed by atoms with Crippen LogP contribution in [0.15, 0.2) is 59.6 Å². The quantitative estimate of drug-likeness (QED) is 0.632. The Morgan fingerprint density at radius 1 is 1.00 bits per heavy atom. The highest BCUT2D eigenvalue weighted by Gasteiger charge is 2.13. The second-order valence-corrected chi connectivity index (χ2v) is 6.13. The van der Waals surface area contributed by atoms with E-state index in [9.17, 15) is 13.5 Å². The van der Waals surface area contributed by atoms with Gasteiger partial charge in [0.05, 0.1) is 4.90 Å². The summed E-state index contributed by atoms with van der Waals surface area (Å²) in [4.78, 5) is 10.4. The number of para-hydroxylation sites is 1. The normalized spacial score (nSPS) is 11.5. The third-order valence-electron chi connectivity index (χ3n) is 2.94. The molecule has 0 unspecified atom stereocenters. The number of sulfonamides is 1. The molecule has 0 spiro atoms. The van der Waals surface area contributed by atoms with Crippen molar-refractivity contribution < 1.29 is 13.5 Å². The van der Waals surface area contributed by atoms with E-state index < -0.39 is 10.0 Å². The lowest BCUT2D eigenvalue weighted by Gasteiger charge is -2.08. The molecule has 8 heteroatoms. The van der Waals surface area contributed by atoms with Gasteiger partial charge in [-0.3, -0.25) is 5.43 Å². The van der Waals surface area contributed by atoms with E-state index in [1.807, 2.05) is 0 Å².